The second kappa shape index (κ2) is 23.0. The van der Waals surface area contributed by atoms with Crippen LogP contribution in [0.4, 0.5) is 5.69 Å². The van der Waals surface area contributed by atoms with Gasteiger partial charge in [-0.15, -0.1) is 0 Å². The van der Waals surface area contributed by atoms with Crippen molar-refractivity contribution in [1.29, 1.82) is 0 Å². The third-order valence-corrected chi connectivity index (χ3v) is 13.0. The van der Waals surface area contributed by atoms with Crippen molar-refractivity contribution in [3.05, 3.63) is 52.8 Å². The number of aliphatic imine (C=N–C) groups is 1. The van der Waals surface area contributed by atoms with Gasteiger partial charge in [-0.3, -0.25) is 4.90 Å². The second-order valence-electron chi connectivity index (χ2n) is 15.3. The van der Waals surface area contributed by atoms with E-state index in [0.717, 1.165) is 51.9 Å². The van der Waals surface area contributed by atoms with E-state index >= 15 is 0 Å². The third-order valence-electron chi connectivity index (χ3n) is 11.6. The van der Waals surface area contributed by atoms with E-state index in [1.54, 1.807) is 19.5 Å². The Morgan fingerprint density at radius 3 is 2.13 bits per heavy atom. The molecule has 2 aromatic rings. The number of fused-ring (bicyclic) bond motifs is 4. The summed E-state index contributed by atoms with van der Waals surface area (Å²) in [5, 5.41) is 8.22. The first-order valence-corrected chi connectivity index (χ1v) is 22.5. The molecule has 54 heavy (non-hydrogen) atoms. The molecule has 4 fully saturated rings. The molecule has 6 aliphatic rings. The SMILES string of the molecule is CC.CC=O.CCCCCC.CCc1cccc2cccc(N3CCC4=C(C3)PC(OCC35CCCN3CCC5)N=C4N3CC4CCC(C3)N4)c12.COC. The van der Waals surface area contributed by atoms with E-state index in [2.05, 4.69) is 81.9 Å². The van der Waals surface area contributed by atoms with Crippen LogP contribution in [0.25, 0.3) is 10.8 Å². The minimum absolute atomic E-state index is 0.0302. The van der Waals surface area contributed by atoms with Crippen LogP contribution in [0.15, 0.2) is 52.3 Å². The van der Waals surface area contributed by atoms with E-state index in [4.69, 9.17) is 14.5 Å². The van der Waals surface area contributed by atoms with Crippen LogP contribution in [0.1, 0.15) is 118 Å². The van der Waals surface area contributed by atoms with Gasteiger partial charge >= 0.3 is 0 Å². The molecular weight excluding hydrogens is 690 g/mol. The van der Waals surface area contributed by atoms with Crippen LogP contribution in [-0.4, -0.2) is 106 Å². The first-order chi connectivity index (χ1) is 26.4. The monoisotopic (exact) mass is 764 g/mol. The molecule has 2 aromatic carbocycles. The maximum absolute atomic E-state index is 8.81. The minimum Gasteiger partial charge on any atom is -0.388 e. The quantitative estimate of drug-likeness (QED) is 0.163. The summed E-state index contributed by atoms with van der Waals surface area (Å²) in [7, 11) is 3.87. The molecule has 0 spiro atoms. The fourth-order valence-electron chi connectivity index (χ4n) is 9.19. The van der Waals surface area contributed by atoms with E-state index in [0.29, 0.717) is 20.7 Å². The van der Waals surface area contributed by atoms with Gasteiger partial charge in [0.15, 0.2) is 5.97 Å². The van der Waals surface area contributed by atoms with Gasteiger partial charge in [0.25, 0.3) is 0 Å². The van der Waals surface area contributed by atoms with E-state index in [9.17, 15) is 0 Å². The van der Waals surface area contributed by atoms with Crippen molar-refractivity contribution < 1.29 is 14.3 Å². The third kappa shape index (κ3) is 11.2. The van der Waals surface area contributed by atoms with Gasteiger partial charge in [0.1, 0.15) is 12.1 Å². The Bertz CT molecular complexity index is 1470. The molecule has 0 amide bonds. The number of rotatable bonds is 8. The lowest BCUT2D eigenvalue weighted by Crippen LogP contribution is -2.54. The largest absolute Gasteiger partial charge is 0.388 e. The molecule has 1 N–H and O–H groups in total. The molecule has 8 nitrogen and oxygen atoms in total. The van der Waals surface area contributed by atoms with Crippen molar-refractivity contribution in [3.63, 3.8) is 0 Å². The van der Waals surface area contributed by atoms with E-state index in [1.165, 1.54) is 118 Å². The minimum atomic E-state index is -0.0302. The number of nitrogens with zero attached hydrogens (tertiary/aromatic N) is 4. The van der Waals surface area contributed by atoms with Crippen molar-refractivity contribution in [2.24, 2.45) is 4.99 Å². The average Bonchev–Trinajstić information content (AvgIpc) is 3.90. The highest BCUT2D eigenvalue weighted by atomic mass is 31.1. The Labute approximate surface area is 330 Å². The predicted molar refractivity (Wildman–Crippen MR) is 233 cm³/mol. The van der Waals surface area contributed by atoms with E-state index < -0.39 is 0 Å². The van der Waals surface area contributed by atoms with Gasteiger partial charge in [0.05, 0.1) is 6.61 Å². The van der Waals surface area contributed by atoms with Gasteiger partial charge in [-0.05, 0) is 102 Å². The van der Waals surface area contributed by atoms with Crippen molar-refractivity contribution in [3.8, 4) is 0 Å². The number of piperazine rings is 1. The van der Waals surface area contributed by atoms with Crippen molar-refractivity contribution in [2.45, 2.75) is 142 Å². The summed E-state index contributed by atoms with van der Waals surface area (Å²) >= 11 is 0. The van der Waals surface area contributed by atoms with Gasteiger partial charge in [-0.2, -0.15) is 0 Å². The Hall–Kier alpha value is -2.35. The van der Waals surface area contributed by atoms with Crippen LogP contribution in [0.3, 0.4) is 0 Å². The van der Waals surface area contributed by atoms with Crippen molar-refractivity contribution in [1.82, 2.24) is 15.1 Å². The number of methoxy groups -OCH3 is 1. The van der Waals surface area contributed by atoms with E-state index in [1.807, 2.05) is 13.8 Å². The molecule has 6 aliphatic heterocycles. The van der Waals surface area contributed by atoms with Crippen LogP contribution < -0.4 is 10.2 Å². The summed E-state index contributed by atoms with van der Waals surface area (Å²) in [6, 6.07) is 14.9. The topological polar surface area (TPSA) is 69.6 Å². The number of amidine groups is 1. The standard InChI is InChI=1S/C33H44N5OP.C6H14.C2H6O.C2H4O.C2H6/c1-2-23-7-3-8-24-9-4-10-28(30(23)24)36-18-13-27-29(21-36)40-32(39-22-33-14-5-16-38(33)17-6-15-33)35-31(27)37-19-25-11-12-26(20-37)34-25;1-3-5-6-4-2;1-3-2;1-2-3;1-2/h3-4,7-10,25-26,32,34,40H,2,5-6,11-22H2,1H3;3-6H2,1-2H3;1-2H3;2H,1H3;1-2H3. The summed E-state index contributed by atoms with van der Waals surface area (Å²) in [5.74, 6) is 1.24. The smallest absolute Gasteiger partial charge is 0.170 e. The number of ether oxygens (including phenoxy) is 2. The predicted octanol–water partition coefficient (Wildman–Crippen LogP) is 9.40. The molecular formula is C45H74N5O3P. The molecule has 0 radical (unpaired) electrons. The lowest BCUT2D eigenvalue weighted by atomic mass is 9.95. The van der Waals surface area contributed by atoms with Gasteiger partial charge in [-0.25, -0.2) is 4.99 Å². The normalized spacial score (nSPS) is 24.1. The number of aryl methyl sites for hydroxylation is 1. The molecule has 0 aliphatic carbocycles. The number of aldehydes is 1. The fraction of sp³-hybridized carbons (Fsp3) is 0.689. The first-order valence-electron chi connectivity index (χ1n) is 21.4. The summed E-state index contributed by atoms with van der Waals surface area (Å²) in [6.45, 7) is 19.8. The van der Waals surface area contributed by atoms with Gasteiger partial charge in [0, 0.05) is 74.7 Å². The highest BCUT2D eigenvalue weighted by molar-refractivity contribution is 7.44. The van der Waals surface area contributed by atoms with E-state index in [-0.39, 0.29) is 11.5 Å². The molecule has 4 unspecified atom stereocenters. The molecule has 9 heteroatoms. The molecule has 8 rings (SSSR count). The molecule has 2 bridgehead atoms. The number of hydrogen-bond donors (Lipinski definition) is 1. The Morgan fingerprint density at radius 1 is 0.926 bits per heavy atom. The second-order valence-corrected chi connectivity index (χ2v) is 16.7. The number of anilines is 1. The van der Waals surface area contributed by atoms with Crippen LogP contribution in [-0.2, 0) is 20.7 Å². The Kier molecular flexibility index (Phi) is 18.9. The number of hydrogen-bond acceptors (Lipinski definition) is 8. The molecule has 6 heterocycles. The maximum atomic E-state index is 8.81. The average molecular weight is 764 g/mol. The summed E-state index contributed by atoms with van der Waals surface area (Å²) in [6.07, 6.45) is 16.3. The zero-order valence-electron chi connectivity index (χ0n) is 35.2. The number of unbranched alkanes of at least 4 members (excludes halogenated alkanes) is 3. The summed E-state index contributed by atoms with van der Waals surface area (Å²) in [4.78, 5) is 22.3. The van der Waals surface area contributed by atoms with Gasteiger partial charge < -0.3 is 29.4 Å². The number of benzene rings is 2. The Balaban J connectivity index is 0.000000406. The molecule has 0 aromatic heterocycles. The molecule has 0 saturated carbocycles. The maximum Gasteiger partial charge on any atom is 0.170 e. The van der Waals surface area contributed by atoms with Crippen molar-refractivity contribution in [2.75, 3.05) is 65.0 Å². The lowest BCUT2D eigenvalue weighted by molar-refractivity contribution is -0.106. The highest BCUT2D eigenvalue weighted by Gasteiger charge is 2.45. The number of carbonyl (C=O) groups excluding carboxylic acids is 1. The summed E-state index contributed by atoms with van der Waals surface area (Å²) in [5.41, 5.74) is 4.67. The van der Waals surface area contributed by atoms with Gasteiger partial charge in [-0.1, -0.05) is 90.6 Å². The first kappa shape index (κ1) is 44.4. The zero-order chi connectivity index (χ0) is 38.9. The van der Waals surface area contributed by atoms with Crippen molar-refractivity contribution >= 4 is 37.2 Å². The fourth-order valence-corrected chi connectivity index (χ4v) is 10.5. The summed E-state index contributed by atoms with van der Waals surface area (Å²) < 4.78 is 11.1. The van der Waals surface area contributed by atoms with Gasteiger partial charge in [0.2, 0.25) is 0 Å². The molecule has 4 saturated heterocycles. The highest BCUT2D eigenvalue weighted by Crippen LogP contribution is 2.46. The molecule has 302 valence electrons. The van der Waals surface area contributed by atoms with Crippen LogP contribution >= 0.6 is 8.58 Å². The number of carbonyl (C=O) groups is 1. The van der Waals surface area contributed by atoms with Crippen LogP contribution in [0.2, 0.25) is 0 Å². The number of nitrogens with one attached hydrogen (secondary N) is 1. The van der Waals surface area contributed by atoms with Crippen LogP contribution in [0, 0.1) is 0 Å². The zero-order valence-corrected chi connectivity index (χ0v) is 36.2. The van der Waals surface area contributed by atoms with Crippen LogP contribution in [0.5, 0.6) is 0 Å². The lowest BCUT2D eigenvalue weighted by Gasteiger charge is -2.42. The number of likely N-dealkylation sites (tertiary alicyclic amines) is 1. The molecule has 4 atom stereocenters. The Morgan fingerprint density at radius 2 is 1.54 bits per heavy atom.